The fraction of sp³-hybridized carbons (Fsp3) is 0. The van der Waals surface area contributed by atoms with Gasteiger partial charge >= 0.3 is 0 Å². The SMILES string of the molecule is Oc1ccc(-c2cc(O)cc(-c3ccc(O)cc3)c2)cc1. The molecular weight excluding hydrogens is 264 g/mol. The molecule has 0 atom stereocenters. The van der Waals surface area contributed by atoms with Gasteiger partial charge in [-0.1, -0.05) is 24.3 Å². The number of phenols is 3. The van der Waals surface area contributed by atoms with E-state index < -0.39 is 0 Å². The minimum Gasteiger partial charge on any atom is -0.508 e. The van der Waals surface area contributed by atoms with Gasteiger partial charge in [-0.25, -0.2) is 0 Å². The normalized spacial score (nSPS) is 10.5. The molecule has 3 rings (SSSR count). The van der Waals surface area contributed by atoms with E-state index in [4.69, 9.17) is 0 Å². The molecule has 0 fully saturated rings. The molecular formula is C18H14O3. The average Bonchev–Trinajstić information content (AvgIpc) is 2.48. The standard InChI is InChI=1S/C18H14O3/c19-16-5-1-12(2-6-16)14-9-15(11-18(21)10-14)13-3-7-17(20)8-4-13/h1-11,19-21H. The van der Waals surface area contributed by atoms with Gasteiger partial charge in [0.1, 0.15) is 17.2 Å². The van der Waals surface area contributed by atoms with Crippen LogP contribution in [0.2, 0.25) is 0 Å². The number of rotatable bonds is 2. The monoisotopic (exact) mass is 278 g/mol. The second-order valence-electron chi connectivity index (χ2n) is 4.86. The summed E-state index contributed by atoms with van der Waals surface area (Å²) in [4.78, 5) is 0. The van der Waals surface area contributed by atoms with E-state index in [9.17, 15) is 15.3 Å². The van der Waals surface area contributed by atoms with E-state index in [-0.39, 0.29) is 17.2 Å². The van der Waals surface area contributed by atoms with Crippen molar-refractivity contribution in [1.82, 2.24) is 0 Å². The lowest BCUT2D eigenvalue weighted by Gasteiger charge is -2.08. The highest BCUT2D eigenvalue weighted by molar-refractivity contribution is 5.75. The van der Waals surface area contributed by atoms with Gasteiger partial charge in [-0.05, 0) is 64.7 Å². The van der Waals surface area contributed by atoms with Crippen molar-refractivity contribution < 1.29 is 15.3 Å². The first-order valence-electron chi connectivity index (χ1n) is 6.55. The van der Waals surface area contributed by atoms with Crippen molar-refractivity contribution in [3.63, 3.8) is 0 Å². The highest BCUT2D eigenvalue weighted by atomic mass is 16.3. The van der Waals surface area contributed by atoms with Crippen molar-refractivity contribution in [3.05, 3.63) is 66.7 Å². The van der Waals surface area contributed by atoms with Crippen LogP contribution < -0.4 is 0 Å². The van der Waals surface area contributed by atoms with Crippen molar-refractivity contribution in [3.8, 4) is 39.5 Å². The fourth-order valence-corrected chi connectivity index (χ4v) is 2.25. The number of phenolic OH excluding ortho intramolecular Hbond substituents is 3. The number of hydrogen-bond donors (Lipinski definition) is 3. The minimum atomic E-state index is 0.170. The molecule has 0 aliphatic rings. The van der Waals surface area contributed by atoms with Crippen molar-refractivity contribution in [2.45, 2.75) is 0 Å². The van der Waals surface area contributed by atoms with E-state index in [1.54, 1.807) is 60.7 Å². The third-order valence-electron chi connectivity index (χ3n) is 3.32. The number of benzene rings is 3. The Balaban J connectivity index is 2.07. The maximum absolute atomic E-state index is 9.93. The Morgan fingerprint density at radius 1 is 0.381 bits per heavy atom. The Bertz CT molecular complexity index is 696. The lowest BCUT2D eigenvalue weighted by Crippen LogP contribution is -1.82. The molecule has 3 heteroatoms. The Morgan fingerprint density at radius 2 is 0.762 bits per heavy atom. The smallest absolute Gasteiger partial charge is 0.116 e. The van der Waals surface area contributed by atoms with Gasteiger partial charge in [0.15, 0.2) is 0 Å². The predicted molar refractivity (Wildman–Crippen MR) is 82.3 cm³/mol. The predicted octanol–water partition coefficient (Wildman–Crippen LogP) is 4.14. The Hall–Kier alpha value is -2.94. The van der Waals surface area contributed by atoms with Crippen LogP contribution in [-0.2, 0) is 0 Å². The van der Waals surface area contributed by atoms with E-state index in [0.29, 0.717) is 0 Å². The van der Waals surface area contributed by atoms with Crippen molar-refractivity contribution in [2.24, 2.45) is 0 Å². The second-order valence-corrected chi connectivity index (χ2v) is 4.86. The molecule has 3 N–H and O–H groups in total. The molecule has 0 amide bonds. The number of hydrogen-bond acceptors (Lipinski definition) is 3. The van der Waals surface area contributed by atoms with E-state index in [1.807, 2.05) is 6.07 Å². The van der Waals surface area contributed by atoms with Crippen LogP contribution in [0.15, 0.2) is 66.7 Å². The van der Waals surface area contributed by atoms with E-state index in [2.05, 4.69) is 0 Å². The zero-order valence-corrected chi connectivity index (χ0v) is 11.2. The van der Waals surface area contributed by atoms with Gasteiger partial charge in [-0.15, -0.1) is 0 Å². The summed E-state index contributed by atoms with van der Waals surface area (Å²) in [6.07, 6.45) is 0. The van der Waals surface area contributed by atoms with E-state index in [0.717, 1.165) is 22.3 Å². The van der Waals surface area contributed by atoms with Gasteiger partial charge in [0.2, 0.25) is 0 Å². The summed E-state index contributed by atoms with van der Waals surface area (Å²) < 4.78 is 0. The largest absolute Gasteiger partial charge is 0.508 e. The molecule has 21 heavy (non-hydrogen) atoms. The Kier molecular flexibility index (Phi) is 3.24. The van der Waals surface area contributed by atoms with Crippen molar-refractivity contribution >= 4 is 0 Å². The van der Waals surface area contributed by atoms with Crippen LogP contribution in [0, 0.1) is 0 Å². The highest BCUT2D eigenvalue weighted by Crippen LogP contribution is 2.32. The third kappa shape index (κ3) is 2.82. The quantitative estimate of drug-likeness (QED) is 0.660. The first-order valence-corrected chi connectivity index (χ1v) is 6.55. The lowest BCUT2D eigenvalue weighted by atomic mass is 9.98. The molecule has 0 aromatic heterocycles. The van der Waals surface area contributed by atoms with Gasteiger partial charge in [0, 0.05) is 0 Å². The molecule has 0 unspecified atom stereocenters. The van der Waals surface area contributed by atoms with E-state index >= 15 is 0 Å². The third-order valence-corrected chi connectivity index (χ3v) is 3.32. The fourth-order valence-electron chi connectivity index (χ4n) is 2.25. The summed E-state index contributed by atoms with van der Waals surface area (Å²) in [5.41, 5.74) is 3.53. The topological polar surface area (TPSA) is 60.7 Å². The van der Waals surface area contributed by atoms with E-state index in [1.165, 1.54) is 0 Å². The molecule has 0 saturated carbocycles. The van der Waals surface area contributed by atoms with Gasteiger partial charge in [0.25, 0.3) is 0 Å². The lowest BCUT2D eigenvalue weighted by molar-refractivity contribution is 0.475. The van der Waals surface area contributed by atoms with Crippen LogP contribution in [0.1, 0.15) is 0 Å². The molecule has 0 saturated heterocycles. The zero-order valence-electron chi connectivity index (χ0n) is 11.2. The summed E-state index contributed by atoms with van der Waals surface area (Å²) in [5, 5.41) is 28.6. The summed E-state index contributed by atoms with van der Waals surface area (Å²) in [7, 11) is 0. The highest BCUT2D eigenvalue weighted by Gasteiger charge is 2.05. The molecule has 3 nitrogen and oxygen atoms in total. The minimum absolute atomic E-state index is 0.170. The van der Waals surface area contributed by atoms with Crippen molar-refractivity contribution in [2.75, 3.05) is 0 Å². The van der Waals surface area contributed by atoms with Gasteiger partial charge in [0.05, 0.1) is 0 Å². The number of aromatic hydroxyl groups is 3. The van der Waals surface area contributed by atoms with Crippen LogP contribution in [0.25, 0.3) is 22.3 Å². The molecule has 0 aliphatic carbocycles. The van der Waals surface area contributed by atoms with Crippen molar-refractivity contribution in [1.29, 1.82) is 0 Å². The Morgan fingerprint density at radius 3 is 1.14 bits per heavy atom. The van der Waals surface area contributed by atoms with Gasteiger partial charge in [-0.3, -0.25) is 0 Å². The summed E-state index contributed by atoms with van der Waals surface area (Å²) in [6, 6.07) is 18.9. The maximum atomic E-state index is 9.93. The van der Waals surface area contributed by atoms with Gasteiger partial charge in [-0.2, -0.15) is 0 Å². The van der Waals surface area contributed by atoms with Crippen LogP contribution in [-0.4, -0.2) is 15.3 Å². The molecule has 0 spiro atoms. The van der Waals surface area contributed by atoms with Crippen LogP contribution >= 0.6 is 0 Å². The molecule has 0 radical (unpaired) electrons. The molecule has 0 aliphatic heterocycles. The molecule has 3 aromatic rings. The average molecular weight is 278 g/mol. The maximum Gasteiger partial charge on any atom is 0.116 e. The first kappa shape index (κ1) is 13.1. The Labute approximate surface area is 122 Å². The summed E-state index contributed by atoms with van der Waals surface area (Å²) >= 11 is 0. The molecule has 0 bridgehead atoms. The first-order chi connectivity index (χ1) is 10.1. The molecule has 0 heterocycles. The zero-order chi connectivity index (χ0) is 14.8. The molecule has 104 valence electrons. The molecule has 3 aromatic carbocycles. The second kappa shape index (κ2) is 5.21. The van der Waals surface area contributed by atoms with Gasteiger partial charge < -0.3 is 15.3 Å². The summed E-state index contributed by atoms with van der Waals surface area (Å²) in [6.45, 7) is 0. The van der Waals surface area contributed by atoms with Crippen LogP contribution in [0.5, 0.6) is 17.2 Å². The van der Waals surface area contributed by atoms with Crippen LogP contribution in [0.3, 0.4) is 0 Å². The van der Waals surface area contributed by atoms with Crippen LogP contribution in [0.4, 0.5) is 0 Å². The summed E-state index contributed by atoms with van der Waals surface area (Å²) in [5.74, 6) is 0.582.